The molecule has 4 heteroatoms. The zero-order valence-corrected chi connectivity index (χ0v) is 7.75. The monoisotopic (exact) mass is 182 g/mol. The minimum atomic E-state index is 0.496. The van der Waals surface area contributed by atoms with Crippen molar-refractivity contribution in [2.75, 3.05) is 7.11 Å². The lowest BCUT2D eigenvalue weighted by Gasteiger charge is -1.96. The fourth-order valence-electron chi connectivity index (χ4n) is 1.16. The molecule has 0 bridgehead atoms. The van der Waals surface area contributed by atoms with Crippen molar-refractivity contribution in [1.29, 1.82) is 0 Å². The zero-order valence-electron chi connectivity index (χ0n) is 7.75. The van der Waals surface area contributed by atoms with Gasteiger partial charge in [-0.05, 0) is 12.8 Å². The van der Waals surface area contributed by atoms with E-state index >= 15 is 0 Å². The van der Waals surface area contributed by atoms with Gasteiger partial charge in [-0.15, -0.1) is 0 Å². The van der Waals surface area contributed by atoms with Crippen LogP contribution in [0, 0.1) is 0 Å². The molecule has 0 amide bonds. The zero-order chi connectivity index (χ0) is 9.10. The van der Waals surface area contributed by atoms with Crippen LogP contribution in [-0.2, 0) is 17.9 Å². The summed E-state index contributed by atoms with van der Waals surface area (Å²) in [6.45, 7) is 1.23. The van der Waals surface area contributed by atoms with Crippen molar-refractivity contribution in [3.05, 3.63) is 17.8 Å². The van der Waals surface area contributed by atoms with Gasteiger partial charge in [0.05, 0.1) is 12.7 Å². The number of hydrogen-bond donors (Lipinski definition) is 1. The molecule has 1 aromatic rings. The highest BCUT2D eigenvalue weighted by atomic mass is 16.5. The predicted octanol–water partition coefficient (Wildman–Crippen LogP) is 1.07. The molecular formula is C9H14N2O2. The van der Waals surface area contributed by atoms with E-state index in [1.54, 1.807) is 13.3 Å². The molecule has 13 heavy (non-hydrogen) atoms. The van der Waals surface area contributed by atoms with E-state index in [0.29, 0.717) is 12.6 Å². The molecule has 0 aliphatic heterocycles. The molecule has 0 aromatic carbocycles. The highest BCUT2D eigenvalue weighted by molar-refractivity contribution is 4.93. The Hall–Kier alpha value is -0.870. The molecule has 2 rings (SSSR count). The summed E-state index contributed by atoms with van der Waals surface area (Å²) in [6, 6.07) is 0.692. The summed E-state index contributed by atoms with van der Waals surface area (Å²) < 4.78 is 10.3. The normalized spacial score (nSPS) is 16.4. The average Bonchev–Trinajstić information content (AvgIpc) is 2.85. The van der Waals surface area contributed by atoms with Crippen LogP contribution in [0.3, 0.4) is 0 Å². The lowest BCUT2D eigenvalue weighted by atomic mass is 10.6. The van der Waals surface area contributed by atoms with Crippen LogP contribution < -0.4 is 5.32 Å². The van der Waals surface area contributed by atoms with Gasteiger partial charge in [-0.1, -0.05) is 0 Å². The quantitative estimate of drug-likeness (QED) is 0.740. The van der Waals surface area contributed by atoms with Gasteiger partial charge in [0, 0.05) is 13.2 Å². The molecule has 0 unspecified atom stereocenters. The van der Waals surface area contributed by atoms with Crippen LogP contribution in [0.1, 0.15) is 24.5 Å². The minimum Gasteiger partial charge on any atom is -0.442 e. The van der Waals surface area contributed by atoms with Crippen LogP contribution in [0.25, 0.3) is 0 Å². The second-order valence-corrected chi connectivity index (χ2v) is 3.31. The van der Waals surface area contributed by atoms with Crippen LogP contribution in [0.5, 0.6) is 0 Å². The molecule has 1 heterocycles. The maximum atomic E-state index is 5.40. The van der Waals surface area contributed by atoms with E-state index in [9.17, 15) is 0 Å². The molecule has 1 aliphatic carbocycles. The Labute approximate surface area is 77.3 Å². The van der Waals surface area contributed by atoms with Gasteiger partial charge >= 0.3 is 0 Å². The van der Waals surface area contributed by atoms with Crippen molar-refractivity contribution >= 4 is 0 Å². The Balaban J connectivity index is 1.81. The fraction of sp³-hybridized carbons (Fsp3) is 0.667. The summed E-state index contributed by atoms with van der Waals surface area (Å²) in [4.78, 5) is 4.13. The Morgan fingerprint density at radius 2 is 2.54 bits per heavy atom. The molecule has 1 saturated carbocycles. The standard InChI is InChI=1S/C9H14N2O2/c1-12-6-8-4-11-9(13-8)5-10-7-2-3-7/h4,7,10H,2-3,5-6H2,1H3. The van der Waals surface area contributed by atoms with Crippen molar-refractivity contribution in [3.63, 3.8) is 0 Å². The maximum absolute atomic E-state index is 5.40. The molecule has 0 saturated heterocycles. The number of hydrogen-bond acceptors (Lipinski definition) is 4. The summed E-state index contributed by atoms with van der Waals surface area (Å²) in [5, 5.41) is 3.33. The van der Waals surface area contributed by atoms with Gasteiger partial charge in [-0.25, -0.2) is 4.98 Å². The highest BCUT2D eigenvalue weighted by Gasteiger charge is 2.20. The number of rotatable bonds is 5. The van der Waals surface area contributed by atoms with E-state index in [2.05, 4.69) is 10.3 Å². The maximum Gasteiger partial charge on any atom is 0.208 e. The Morgan fingerprint density at radius 3 is 3.23 bits per heavy atom. The minimum absolute atomic E-state index is 0.496. The van der Waals surface area contributed by atoms with Gasteiger partial charge in [0.25, 0.3) is 0 Å². The predicted molar refractivity (Wildman–Crippen MR) is 47.1 cm³/mol. The Bertz CT molecular complexity index is 268. The van der Waals surface area contributed by atoms with Gasteiger partial charge in [-0.3, -0.25) is 0 Å². The van der Waals surface area contributed by atoms with E-state index in [-0.39, 0.29) is 0 Å². The highest BCUT2D eigenvalue weighted by Crippen LogP contribution is 2.19. The number of oxazole rings is 1. The molecular weight excluding hydrogens is 168 g/mol. The van der Waals surface area contributed by atoms with E-state index in [0.717, 1.165) is 18.2 Å². The van der Waals surface area contributed by atoms with Crippen LogP contribution >= 0.6 is 0 Å². The van der Waals surface area contributed by atoms with Gasteiger partial charge in [0.2, 0.25) is 5.89 Å². The van der Waals surface area contributed by atoms with Crippen molar-refractivity contribution in [1.82, 2.24) is 10.3 Å². The van der Waals surface area contributed by atoms with Crippen molar-refractivity contribution in [2.45, 2.75) is 32.0 Å². The summed E-state index contributed by atoms with van der Waals surface area (Å²) in [5.74, 6) is 1.54. The van der Waals surface area contributed by atoms with Crippen molar-refractivity contribution < 1.29 is 9.15 Å². The topological polar surface area (TPSA) is 47.3 Å². The lowest BCUT2D eigenvalue weighted by molar-refractivity contribution is 0.162. The summed E-state index contributed by atoms with van der Waals surface area (Å²) in [6.07, 6.45) is 4.28. The molecule has 0 atom stereocenters. The first-order chi connectivity index (χ1) is 6.38. The van der Waals surface area contributed by atoms with E-state index < -0.39 is 0 Å². The molecule has 4 nitrogen and oxygen atoms in total. The lowest BCUT2D eigenvalue weighted by Crippen LogP contribution is -2.15. The summed E-state index contributed by atoms with van der Waals surface area (Å²) in [7, 11) is 1.64. The number of nitrogens with zero attached hydrogens (tertiary/aromatic N) is 1. The van der Waals surface area contributed by atoms with Gasteiger partial charge < -0.3 is 14.5 Å². The third-order valence-corrected chi connectivity index (χ3v) is 2.01. The second kappa shape index (κ2) is 3.89. The fourth-order valence-corrected chi connectivity index (χ4v) is 1.16. The third kappa shape index (κ3) is 2.54. The smallest absolute Gasteiger partial charge is 0.208 e. The molecule has 0 radical (unpaired) electrons. The summed E-state index contributed by atoms with van der Waals surface area (Å²) >= 11 is 0. The Kier molecular flexibility index (Phi) is 2.61. The van der Waals surface area contributed by atoms with Gasteiger partial charge in [0.1, 0.15) is 12.4 Å². The van der Waals surface area contributed by atoms with Crippen LogP contribution in [0.4, 0.5) is 0 Å². The Morgan fingerprint density at radius 1 is 1.69 bits per heavy atom. The second-order valence-electron chi connectivity index (χ2n) is 3.31. The first-order valence-electron chi connectivity index (χ1n) is 4.54. The van der Waals surface area contributed by atoms with Gasteiger partial charge in [0.15, 0.2) is 0 Å². The molecule has 1 aromatic heterocycles. The SMILES string of the molecule is COCc1cnc(CNC2CC2)o1. The molecule has 1 N–H and O–H groups in total. The van der Waals surface area contributed by atoms with Crippen molar-refractivity contribution in [2.24, 2.45) is 0 Å². The van der Waals surface area contributed by atoms with Crippen LogP contribution in [0.15, 0.2) is 10.6 Å². The molecule has 1 fully saturated rings. The third-order valence-electron chi connectivity index (χ3n) is 2.01. The number of ether oxygens (including phenoxy) is 1. The number of aromatic nitrogens is 1. The van der Waals surface area contributed by atoms with E-state index in [1.165, 1.54) is 12.8 Å². The largest absolute Gasteiger partial charge is 0.442 e. The van der Waals surface area contributed by atoms with Crippen LogP contribution in [-0.4, -0.2) is 18.1 Å². The first kappa shape index (κ1) is 8.72. The summed E-state index contributed by atoms with van der Waals surface area (Å²) in [5.41, 5.74) is 0. The van der Waals surface area contributed by atoms with Gasteiger partial charge in [-0.2, -0.15) is 0 Å². The van der Waals surface area contributed by atoms with E-state index in [1.807, 2.05) is 0 Å². The van der Waals surface area contributed by atoms with Crippen LogP contribution in [0.2, 0.25) is 0 Å². The first-order valence-corrected chi connectivity index (χ1v) is 4.54. The van der Waals surface area contributed by atoms with E-state index in [4.69, 9.17) is 9.15 Å². The number of nitrogens with one attached hydrogen (secondary N) is 1. The number of methoxy groups -OCH3 is 1. The molecule has 1 aliphatic rings. The molecule has 0 spiro atoms. The van der Waals surface area contributed by atoms with Crippen molar-refractivity contribution in [3.8, 4) is 0 Å². The molecule has 72 valence electrons. The average molecular weight is 182 g/mol.